The molecule has 1 atom stereocenters. The molecule has 1 aromatic heterocycles. The number of benzene rings is 2. The van der Waals surface area contributed by atoms with Gasteiger partial charge in [-0.2, -0.15) is 0 Å². The first-order valence-electron chi connectivity index (χ1n) is 9.59. The van der Waals surface area contributed by atoms with Gasteiger partial charge in [0.15, 0.2) is 11.5 Å². The fourth-order valence-corrected chi connectivity index (χ4v) is 3.45. The molecule has 0 spiro atoms. The first-order chi connectivity index (χ1) is 13.2. The Balaban J connectivity index is 1.47. The van der Waals surface area contributed by atoms with E-state index in [1.165, 1.54) is 0 Å². The van der Waals surface area contributed by atoms with Crippen LogP contribution in [-0.4, -0.2) is 30.6 Å². The topological polar surface area (TPSA) is 64.4 Å². The van der Waals surface area contributed by atoms with Crippen molar-refractivity contribution in [2.24, 2.45) is 5.92 Å². The van der Waals surface area contributed by atoms with Gasteiger partial charge >= 0.3 is 0 Å². The number of nitrogens with zero attached hydrogens (tertiary/aromatic N) is 1. The van der Waals surface area contributed by atoms with Crippen LogP contribution in [0.4, 0.5) is 0 Å². The van der Waals surface area contributed by atoms with E-state index >= 15 is 0 Å². The molecule has 0 bridgehead atoms. The van der Waals surface area contributed by atoms with Crippen LogP contribution in [0.25, 0.3) is 22.2 Å². The molecule has 1 aliphatic heterocycles. The standard InChI is InChI=1S/C22H24N2O3/c1-2-21-24-19-13-17(6-7-20(19)27-21)16-4-3-5-18(12-16)22(25)23-10-8-15-9-11-26-14-15/h3-7,12-13,15H,2,8-11,14H2,1H3,(H,23,25)/t15-/m0/s1. The van der Waals surface area contributed by atoms with Gasteiger partial charge in [-0.3, -0.25) is 4.79 Å². The van der Waals surface area contributed by atoms with Crippen LogP contribution in [0.5, 0.6) is 0 Å². The number of hydrogen-bond acceptors (Lipinski definition) is 4. The molecule has 0 aliphatic carbocycles. The summed E-state index contributed by atoms with van der Waals surface area (Å²) in [5.74, 6) is 1.27. The number of carbonyl (C=O) groups excluding carboxylic acids is 1. The maximum atomic E-state index is 12.5. The summed E-state index contributed by atoms with van der Waals surface area (Å²) < 4.78 is 11.1. The molecule has 1 saturated heterocycles. The van der Waals surface area contributed by atoms with Gasteiger partial charge in [-0.1, -0.05) is 25.1 Å². The number of aryl methyl sites for hydroxylation is 1. The minimum absolute atomic E-state index is 0.0356. The van der Waals surface area contributed by atoms with Gasteiger partial charge in [0.2, 0.25) is 0 Å². The number of nitrogens with one attached hydrogen (secondary N) is 1. The Morgan fingerprint density at radius 1 is 1.22 bits per heavy atom. The number of aromatic nitrogens is 1. The van der Waals surface area contributed by atoms with Crippen molar-refractivity contribution in [1.29, 1.82) is 0 Å². The van der Waals surface area contributed by atoms with E-state index in [0.717, 1.165) is 60.6 Å². The zero-order valence-electron chi connectivity index (χ0n) is 15.5. The average Bonchev–Trinajstić information content (AvgIpc) is 3.36. The van der Waals surface area contributed by atoms with Crippen LogP contribution in [0.1, 0.15) is 36.0 Å². The van der Waals surface area contributed by atoms with Crippen molar-refractivity contribution >= 4 is 17.0 Å². The maximum Gasteiger partial charge on any atom is 0.251 e. The van der Waals surface area contributed by atoms with Gasteiger partial charge in [-0.15, -0.1) is 0 Å². The Hall–Kier alpha value is -2.66. The smallest absolute Gasteiger partial charge is 0.251 e. The summed E-state index contributed by atoms with van der Waals surface area (Å²) in [7, 11) is 0. The minimum atomic E-state index is -0.0356. The maximum absolute atomic E-state index is 12.5. The molecule has 0 unspecified atom stereocenters. The first-order valence-corrected chi connectivity index (χ1v) is 9.59. The van der Waals surface area contributed by atoms with Gasteiger partial charge in [0.05, 0.1) is 0 Å². The lowest BCUT2D eigenvalue weighted by Gasteiger charge is -2.10. The summed E-state index contributed by atoms with van der Waals surface area (Å²) in [5.41, 5.74) is 4.33. The number of rotatable bonds is 6. The average molecular weight is 364 g/mol. The minimum Gasteiger partial charge on any atom is -0.441 e. The molecule has 1 fully saturated rings. The van der Waals surface area contributed by atoms with E-state index in [9.17, 15) is 4.79 Å². The van der Waals surface area contributed by atoms with E-state index < -0.39 is 0 Å². The highest BCUT2D eigenvalue weighted by molar-refractivity contribution is 5.95. The van der Waals surface area contributed by atoms with Gasteiger partial charge in [-0.05, 0) is 54.2 Å². The number of oxazole rings is 1. The predicted octanol–water partition coefficient (Wildman–Crippen LogP) is 4.21. The van der Waals surface area contributed by atoms with Gasteiger partial charge in [0.1, 0.15) is 5.52 Å². The van der Waals surface area contributed by atoms with Crippen LogP contribution in [0.3, 0.4) is 0 Å². The fraction of sp³-hybridized carbons (Fsp3) is 0.364. The molecule has 2 heterocycles. The van der Waals surface area contributed by atoms with Crippen molar-refractivity contribution in [2.45, 2.75) is 26.2 Å². The third-order valence-corrected chi connectivity index (χ3v) is 5.05. The molecule has 0 saturated carbocycles. The predicted molar refractivity (Wildman–Crippen MR) is 105 cm³/mol. The number of ether oxygens (including phenoxy) is 1. The van der Waals surface area contributed by atoms with E-state index in [4.69, 9.17) is 9.15 Å². The first kappa shape index (κ1) is 17.7. The zero-order chi connectivity index (χ0) is 18.6. The highest BCUT2D eigenvalue weighted by Gasteiger charge is 2.16. The molecule has 2 aromatic carbocycles. The monoisotopic (exact) mass is 364 g/mol. The second-order valence-corrected chi connectivity index (χ2v) is 7.00. The van der Waals surface area contributed by atoms with Crippen molar-refractivity contribution < 1.29 is 13.9 Å². The molecule has 0 radical (unpaired) electrons. The summed E-state index contributed by atoms with van der Waals surface area (Å²) >= 11 is 0. The largest absolute Gasteiger partial charge is 0.441 e. The molecule has 4 rings (SSSR count). The summed E-state index contributed by atoms with van der Waals surface area (Å²) in [6.07, 6.45) is 2.83. The Labute approximate surface area is 158 Å². The van der Waals surface area contributed by atoms with Gasteiger partial charge in [0.25, 0.3) is 5.91 Å². The third-order valence-electron chi connectivity index (χ3n) is 5.05. The number of amides is 1. The second-order valence-electron chi connectivity index (χ2n) is 7.00. The Morgan fingerprint density at radius 3 is 2.93 bits per heavy atom. The SMILES string of the molecule is CCc1nc2cc(-c3cccc(C(=O)NCC[C@H]4CCOC4)c3)ccc2o1. The fourth-order valence-electron chi connectivity index (χ4n) is 3.45. The van der Waals surface area contributed by atoms with Crippen molar-refractivity contribution in [2.75, 3.05) is 19.8 Å². The molecule has 5 nitrogen and oxygen atoms in total. The number of fused-ring (bicyclic) bond motifs is 1. The molecule has 27 heavy (non-hydrogen) atoms. The summed E-state index contributed by atoms with van der Waals surface area (Å²) in [6.45, 7) is 4.36. The van der Waals surface area contributed by atoms with Gasteiger partial charge in [-0.25, -0.2) is 4.98 Å². The van der Waals surface area contributed by atoms with Crippen LogP contribution in [0.15, 0.2) is 46.9 Å². The van der Waals surface area contributed by atoms with Crippen molar-refractivity contribution in [3.05, 3.63) is 53.9 Å². The third kappa shape index (κ3) is 4.03. The lowest BCUT2D eigenvalue weighted by atomic mass is 10.0. The second kappa shape index (κ2) is 7.92. The molecule has 5 heteroatoms. The molecule has 1 N–H and O–H groups in total. The molecule has 140 valence electrons. The van der Waals surface area contributed by atoms with Crippen LogP contribution in [0, 0.1) is 5.92 Å². The van der Waals surface area contributed by atoms with Crippen LogP contribution >= 0.6 is 0 Å². The lowest BCUT2D eigenvalue weighted by molar-refractivity contribution is 0.0950. The quantitative estimate of drug-likeness (QED) is 0.711. The normalized spacial score (nSPS) is 16.7. The van der Waals surface area contributed by atoms with E-state index in [1.54, 1.807) is 0 Å². The lowest BCUT2D eigenvalue weighted by Crippen LogP contribution is -2.26. The van der Waals surface area contributed by atoms with E-state index in [2.05, 4.69) is 10.3 Å². The highest BCUT2D eigenvalue weighted by atomic mass is 16.5. The molecule has 3 aromatic rings. The van der Waals surface area contributed by atoms with Crippen LogP contribution < -0.4 is 5.32 Å². The van der Waals surface area contributed by atoms with E-state index in [1.807, 2.05) is 49.4 Å². The van der Waals surface area contributed by atoms with Gasteiger partial charge < -0.3 is 14.5 Å². The molecular formula is C22H24N2O3. The molecule has 1 aliphatic rings. The van der Waals surface area contributed by atoms with Crippen LogP contribution in [0.2, 0.25) is 0 Å². The summed E-state index contributed by atoms with van der Waals surface area (Å²) in [5, 5.41) is 3.02. The molecular weight excluding hydrogens is 340 g/mol. The summed E-state index contributed by atoms with van der Waals surface area (Å²) in [4.78, 5) is 17.0. The number of hydrogen-bond donors (Lipinski definition) is 1. The summed E-state index contributed by atoms with van der Waals surface area (Å²) in [6, 6.07) is 13.7. The number of carbonyl (C=O) groups is 1. The molecule has 1 amide bonds. The zero-order valence-corrected chi connectivity index (χ0v) is 15.5. The van der Waals surface area contributed by atoms with Crippen molar-refractivity contribution in [3.8, 4) is 11.1 Å². The van der Waals surface area contributed by atoms with Gasteiger partial charge in [0, 0.05) is 31.7 Å². The van der Waals surface area contributed by atoms with E-state index in [0.29, 0.717) is 18.0 Å². The Kier molecular flexibility index (Phi) is 5.21. The van der Waals surface area contributed by atoms with E-state index in [-0.39, 0.29) is 5.91 Å². The Morgan fingerprint density at radius 2 is 2.11 bits per heavy atom. The van der Waals surface area contributed by atoms with Crippen molar-refractivity contribution in [3.63, 3.8) is 0 Å². The highest BCUT2D eigenvalue weighted by Crippen LogP contribution is 2.26. The van der Waals surface area contributed by atoms with Crippen molar-refractivity contribution in [1.82, 2.24) is 10.3 Å². The van der Waals surface area contributed by atoms with Crippen LogP contribution in [-0.2, 0) is 11.2 Å². The Bertz CT molecular complexity index is 942.